The van der Waals surface area contributed by atoms with Crippen LogP contribution in [0, 0.1) is 13.8 Å². The monoisotopic (exact) mass is 718 g/mol. The molecule has 0 aromatic heterocycles. The van der Waals surface area contributed by atoms with Crippen LogP contribution in [0.1, 0.15) is 33.4 Å². The van der Waals surface area contributed by atoms with Crippen LogP contribution in [-0.2, 0) is 5.41 Å². The van der Waals surface area contributed by atoms with Crippen LogP contribution in [-0.4, -0.2) is 0 Å². The van der Waals surface area contributed by atoms with E-state index in [9.17, 15) is 0 Å². The summed E-state index contributed by atoms with van der Waals surface area (Å²) in [7, 11) is 0. The van der Waals surface area contributed by atoms with E-state index in [1.54, 1.807) is 0 Å². The van der Waals surface area contributed by atoms with Crippen molar-refractivity contribution in [2.45, 2.75) is 19.3 Å². The maximum Gasteiger partial charge on any atom is 0.0725 e. The Morgan fingerprint density at radius 1 is 0.281 bits per heavy atom. The molecule has 0 heteroatoms. The zero-order valence-electron chi connectivity index (χ0n) is 31.7. The lowest BCUT2D eigenvalue weighted by molar-refractivity contribution is 0.794. The minimum Gasteiger partial charge on any atom is -0.0619 e. The number of benzene rings is 11. The number of hydrogen-bond acceptors (Lipinski definition) is 0. The van der Waals surface area contributed by atoms with Crippen LogP contribution < -0.4 is 0 Å². The van der Waals surface area contributed by atoms with Gasteiger partial charge in [0.25, 0.3) is 0 Å². The van der Waals surface area contributed by atoms with Crippen molar-refractivity contribution in [3.63, 3.8) is 0 Å². The van der Waals surface area contributed by atoms with Gasteiger partial charge in [0.15, 0.2) is 0 Å². The van der Waals surface area contributed by atoms with Gasteiger partial charge in [0, 0.05) is 0 Å². The first-order valence-corrected chi connectivity index (χ1v) is 20.3. The second kappa shape index (κ2) is 10.2. The lowest BCUT2D eigenvalue weighted by Crippen LogP contribution is -2.26. The first-order valence-electron chi connectivity index (χ1n) is 20.3. The molecule has 0 nitrogen and oxygen atoms in total. The Morgan fingerprint density at radius 2 is 0.842 bits per heavy atom. The van der Waals surface area contributed by atoms with E-state index < -0.39 is 5.41 Å². The van der Waals surface area contributed by atoms with E-state index in [1.807, 2.05) is 0 Å². The average molecular weight is 719 g/mol. The third-order valence-corrected chi connectivity index (χ3v) is 14.0. The Hall–Kier alpha value is -7.02. The van der Waals surface area contributed by atoms with Crippen molar-refractivity contribution < 1.29 is 0 Å². The normalized spacial score (nSPS) is 13.9. The van der Waals surface area contributed by atoms with Crippen LogP contribution in [0.15, 0.2) is 170 Å². The molecule has 0 atom stereocenters. The van der Waals surface area contributed by atoms with Gasteiger partial charge in [-0.1, -0.05) is 164 Å². The molecule has 0 heterocycles. The molecule has 0 fully saturated rings. The molecule has 0 saturated carbocycles. The molecule has 0 N–H and O–H groups in total. The Morgan fingerprint density at radius 3 is 1.54 bits per heavy atom. The first-order chi connectivity index (χ1) is 28.1. The summed E-state index contributed by atoms with van der Waals surface area (Å²) in [6.45, 7) is 4.48. The maximum absolute atomic E-state index is 2.61. The predicted octanol–water partition coefficient (Wildman–Crippen LogP) is 15.2. The summed E-state index contributed by atoms with van der Waals surface area (Å²) in [5.41, 5.74) is 21.1. The molecule has 57 heavy (non-hydrogen) atoms. The number of hydrogen-bond donors (Lipinski definition) is 0. The number of rotatable bonds is 1. The molecule has 0 saturated heterocycles. The number of aryl methyl sites for hydroxylation is 2. The average Bonchev–Trinajstić information content (AvgIpc) is 3.84. The lowest BCUT2D eigenvalue weighted by atomic mass is 9.69. The Bertz CT molecular complexity index is 3540. The summed E-state index contributed by atoms with van der Waals surface area (Å²) < 4.78 is 0. The minimum absolute atomic E-state index is 0.443. The van der Waals surface area contributed by atoms with Gasteiger partial charge in [-0.3, -0.25) is 0 Å². The van der Waals surface area contributed by atoms with Gasteiger partial charge in [-0.05, 0) is 163 Å². The molecule has 14 rings (SSSR count). The molecule has 3 aliphatic carbocycles. The van der Waals surface area contributed by atoms with Gasteiger partial charge in [-0.25, -0.2) is 0 Å². The van der Waals surface area contributed by atoms with Crippen LogP contribution in [0.25, 0.3) is 109 Å². The largest absolute Gasteiger partial charge is 0.0725 e. The minimum atomic E-state index is -0.443. The van der Waals surface area contributed by atoms with Crippen molar-refractivity contribution in [2.75, 3.05) is 0 Å². The fourth-order valence-electron chi connectivity index (χ4n) is 12.1. The highest BCUT2D eigenvalue weighted by Gasteiger charge is 2.53. The zero-order chi connectivity index (χ0) is 37.3. The molecular formula is C57H34. The number of fused-ring (bicyclic) bond motifs is 15. The van der Waals surface area contributed by atoms with Crippen molar-refractivity contribution in [1.82, 2.24) is 0 Å². The molecule has 3 aliphatic rings. The fraction of sp³-hybridized carbons (Fsp3) is 0.0526. The van der Waals surface area contributed by atoms with Crippen LogP contribution in [0.2, 0.25) is 0 Å². The predicted molar refractivity (Wildman–Crippen MR) is 241 cm³/mol. The topological polar surface area (TPSA) is 0 Å². The Kier molecular flexibility index (Phi) is 5.43. The molecule has 11 aromatic rings. The van der Waals surface area contributed by atoms with Gasteiger partial charge in [-0.2, -0.15) is 0 Å². The van der Waals surface area contributed by atoms with E-state index in [-0.39, 0.29) is 0 Å². The summed E-state index contributed by atoms with van der Waals surface area (Å²) in [6.07, 6.45) is 0. The van der Waals surface area contributed by atoms with E-state index in [2.05, 4.69) is 184 Å². The van der Waals surface area contributed by atoms with E-state index in [0.717, 1.165) is 0 Å². The summed E-state index contributed by atoms with van der Waals surface area (Å²) in [6, 6.07) is 65.6. The summed E-state index contributed by atoms with van der Waals surface area (Å²) in [4.78, 5) is 0. The fourth-order valence-corrected chi connectivity index (χ4v) is 12.1. The standard InChI is InChI=1S/C57H34/c1-31-26-34-27-32(2)29-45-41-25-24-40(37-18-11-19-39(53(37)41)44(28-31)52(34)45)56-54-43-20-10-13-33-12-9-17-38(51(33)43)46(54)30-50-55(56)42-16-5-8-23-49(42)57(50)47-21-6-3-14-35(47)36-15-4-7-22-48(36)57/h3-30H,1-2H3. The van der Waals surface area contributed by atoms with Crippen molar-refractivity contribution in [3.05, 3.63) is 203 Å². The zero-order valence-corrected chi connectivity index (χ0v) is 31.7. The van der Waals surface area contributed by atoms with Crippen LogP contribution in [0.4, 0.5) is 0 Å². The van der Waals surface area contributed by atoms with Gasteiger partial charge in [0.2, 0.25) is 0 Å². The van der Waals surface area contributed by atoms with Gasteiger partial charge in [-0.15, -0.1) is 0 Å². The molecule has 0 radical (unpaired) electrons. The van der Waals surface area contributed by atoms with E-state index in [0.29, 0.717) is 0 Å². The second-order valence-electron chi connectivity index (χ2n) is 16.8. The molecular weight excluding hydrogens is 685 g/mol. The van der Waals surface area contributed by atoms with Gasteiger partial charge >= 0.3 is 0 Å². The highest BCUT2D eigenvalue weighted by Crippen LogP contribution is 2.67. The van der Waals surface area contributed by atoms with Crippen LogP contribution >= 0.6 is 0 Å². The van der Waals surface area contributed by atoms with Crippen molar-refractivity contribution in [1.29, 1.82) is 0 Å². The summed E-state index contributed by atoms with van der Waals surface area (Å²) in [5.74, 6) is 0. The highest BCUT2D eigenvalue weighted by molar-refractivity contribution is 6.35. The van der Waals surface area contributed by atoms with Gasteiger partial charge in [0.05, 0.1) is 5.41 Å². The van der Waals surface area contributed by atoms with Crippen molar-refractivity contribution in [3.8, 4) is 55.6 Å². The third kappa shape index (κ3) is 3.45. The van der Waals surface area contributed by atoms with Crippen LogP contribution in [0.3, 0.4) is 0 Å². The van der Waals surface area contributed by atoms with Crippen molar-refractivity contribution in [2.24, 2.45) is 0 Å². The molecule has 0 unspecified atom stereocenters. The highest BCUT2D eigenvalue weighted by atomic mass is 14.5. The quantitative estimate of drug-likeness (QED) is 0.117. The third-order valence-electron chi connectivity index (χ3n) is 14.0. The molecule has 0 amide bonds. The molecule has 262 valence electrons. The summed E-state index contributed by atoms with van der Waals surface area (Å²) >= 11 is 0. The van der Waals surface area contributed by atoms with E-state index >= 15 is 0 Å². The summed E-state index contributed by atoms with van der Waals surface area (Å²) in [5, 5.41) is 13.4. The molecule has 0 bridgehead atoms. The first kappa shape index (κ1) is 30.2. The smallest absolute Gasteiger partial charge is 0.0619 e. The van der Waals surface area contributed by atoms with Crippen LogP contribution in [0.5, 0.6) is 0 Å². The van der Waals surface area contributed by atoms with Gasteiger partial charge < -0.3 is 0 Å². The second-order valence-corrected chi connectivity index (χ2v) is 16.8. The van der Waals surface area contributed by atoms with E-state index in [4.69, 9.17) is 0 Å². The lowest BCUT2D eigenvalue weighted by Gasteiger charge is -2.31. The SMILES string of the molecule is Cc1cc2cc(C)cc3c4ccc(-c5c6c(cc7c5-c5ccccc5C75c7ccccc7-c7ccccc75)-c5cccc7cccc-6c57)c5cccc(c(c1)c23)c54. The maximum atomic E-state index is 2.61. The van der Waals surface area contributed by atoms with E-state index in [1.165, 1.54) is 143 Å². The molecule has 11 aromatic carbocycles. The Balaban J connectivity index is 1.22. The molecule has 0 aliphatic heterocycles. The van der Waals surface area contributed by atoms with Gasteiger partial charge in [0.1, 0.15) is 0 Å². The van der Waals surface area contributed by atoms with Crippen molar-refractivity contribution >= 4 is 53.9 Å². The Labute approximate surface area is 330 Å². The molecule has 1 spiro atoms.